The van der Waals surface area contributed by atoms with E-state index in [1.54, 1.807) is 6.08 Å². The molecule has 2 atom stereocenters. The third kappa shape index (κ3) is 2.11. The first-order valence-corrected chi connectivity index (χ1v) is 3.82. The molecule has 1 aliphatic carbocycles. The van der Waals surface area contributed by atoms with Crippen LogP contribution in [0.1, 0.15) is 6.42 Å². The zero-order valence-electron chi connectivity index (χ0n) is 6.66. The first-order chi connectivity index (χ1) is 5.74. The molecule has 1 rings (SSSR count). The Labute approximate surface area is 71.5 Å². The van der Waals surface area contributed by atoms with Crippen molar-refractivity contribution in [3.05, 3.63) is 12.2 Å². The van der Waals surface area contributed by atoms with Crippen LogP contribution in [-0.4, -0.2) is 23.7 Å². The summed E-state index contributed by atoms with van der Waals surface area (Å²) in [7, 11) is 0. The minimum Gasteiger partial charge on any atom is -0.481 e. The minimum absolute atomic E-state index is 0.127. The lowest BCUT2D eigenvalue weighted by atomic mass is 10.1. The van der Waals surface area contributed by atoms with Gasteiger partial charge in [-0.15, -0.1) is 6.42 Å². The van der Waals surface area contributed by atoms with E-state index in [-0.39, 0.29) is 12.0 Å². The van der Waals surface area contributed by atoms with Crippen molar-refractivity contribution in [3.8, 4) is 12.3 Å². The van der Waals surface area contributed by atoms with E-state index in [2.05, 4.69) is 11.2 Å². The van der Waals surface area contributed by atoms with Crippen molar-refractivity contribution < 1.29 is 9.90 Å². The van der Waals surface area contributed by atoms with Crippen molar-refractivity contribution in [1.29, 1.82) is 0 Å². The lowest BCUT2D eigenvalue weighted by molar-refractivity contribution is -0.140. The number of aliphatic carboxylic acids is 1. The predicted molar refractivity (Wildman–Crippen MR) is 45.5 cm³/mol. The molecule has 0 spiro atoms. The van der Waals surface area contributed by atoms with Crippen molar-refractivity contribution >= 4 is 5.97 Å². The summed E-state index contributed by atoms with van der Waals surface area (Å²) >= 11 is 0. The molecule has 0 amide bonds. The summed E-state index contributed by atoms with van der Waals surface area (Å²) in [6.45, 7) is 0.487. The molecule has 0 saturated carbocycles. The van der Waals surface area contributed by atoms with E-state index < -0.39 is 5.97 Å². The smallest absolute Gasteiger partial charge is 0.310 e. The van der Waals surface area contributed by atoms with Gasteiger partial charge >= 0.3 is 5.97 Å². The second-order valence-corrected chi connectivity index (χ2v) is 2.76. The van der Waals surface area contributed by atoms with E-state index in [4.69, 9.17) is 11.5 Å². The molecule has 64 valence electrons. The van der Waals surface area contributed by atoms with Gasteiger partial charge in [-0.05, 0) is 6.42 Å². The summed E-state index contributed by atoms with van der Waals surface area (Å²) in [4.78, 5) is 10.5. The van der Waals surface area contributed by atoms with E-state index >= 15 is 0 Å². The van der Waals surface area contributed by atoms with E-state index in [1.807, 2.05) is 6.08 Å². The first kappa shape index (κ1) is 8.82. The summed E-state index contributed by atoms with van der Waals surface area (Å²) in [6, 6.07) is 0.127. The van der Waals surface area contributed by atoms with Crippen molar-refractivity contribution in [2.24, 2.45) is 5.92 Å². The molecule has 0 bridgehead atoms. The van der Waals surface area contributed by atoms with Crippen LogP contribution in [0, 0.1) is 18.3 Å². The van der Waals surface area contributed by atoms with E-state index in [0.717, 1.165) is 0 Å². The van der Waals surface area contributed by atoms with Gasteiger partial charge in [0, 0.05) is 6.04 Å². The number of terminal acetylenes is 1. The van der Waals surface area contributed by atoms with Gasteiger partial charge in [0.1, 0.15) is 0 Å². The lowest BCUT2D eigenvalue weighted by Crippen LogP contribution is -2.27. The maximum absolute atomic E-state index is 10.5. The van der Waals surface area contributed by atoms with E-state index in [9.17, 15) is 4.79 Å². The Balaban J connectivity index is 2.33. The third-order valence-corrected chi connectivity index (χ3v) is 1.87. The summed E-state index contributed by atoms with van der Waals surface area (Å²) < 4.78 is 0. The minimum atomic E-state index is -0.767. The van der Waals surface area contributed by atoms with Gasteiger partial charge in [0.05, 0.1) is 12.5 Å². The van der Waals surface area contributed by atoms with E-state index in [0.29, 0.717) is 13.0 Å². The van der Waals surface area contributed by atoms with Crippen LogP contribution < -0.4 is 5.32 Å². The average Bonchev–Trinajstić information content (AvgIpc) is 2.48. The summed E-state index contributed by atoms with van der Waals surface area (Å²) in [5, 5.41) is 11.7. The number of carbonyl (C=O) groups is 1. The standard InChI is InChI=1S/C9H11NO2/c1-2-5-10-8-4-3-7(6-8)9(11)12/h1,3-4,7-8,10H,5-6H2,(H,11,12). The molecule has 0 radical (unpaired) electrons. The molecule has 0 aromatic carbocycles. The molecule has 0 aromatic heterocycles. The molecule has 3 nitrogen and oxygen atoms in total. The molecular formula is C9H11NO2. The van der Waals surface area contributed by atoms with Crippen molar-refractivity contribution in [3.63, 3.8) is 0 Å². The number of nitrogens with one attached hydrogen (secondary N) is 1. The Morgan fingerprint density at radius 1 is 1.75 bits per heavy atom. The van der Waals surface area contributed by atoms with E-state index in [1.165, 1.54) is 0 Å². The largest absolute Gasteiger partial charge is 0.481 e. The summed E-state index contributed by atoms with van der Waals surface area (Å²) in [5.41, 5.74) is 0. The van der Waals surface area contributed by atoms with Crippen LogP contribution in [0.3, 0.4) is 0 Å². The quantitative estimate of drug-likeness (QED) is 0.465. The molecule has 0 aromatic rings. The van der Waals surface area contributed by atoms with Gasteiger partial charge in [0.2, 0.25) is 0 Å². The van der Waals surface area contributed by atoms with Crippen molar-refractivity contribution in [2.75, 3.05) is 6.54 Å². The Morgan fingerprint density at radius 2 is 2.50 bits per heavy atom. The van der Waals surface area contributed by atoms with Crippen LogP contribution in [0.5, 0.6) is 0 Å². The Bertz CT molecular complexity index is 239. The topological polar surface area (TPSA) is 49.3 Å². The zero-order chi connectivity index (χ0) is 8.97. The SMILES string of the molecule is C#CCNC1C=CC(C(=O)O)C1. The van der Waals surface area contributed by atoms with Crippen LogP contribution >= 0.6 is 0 Å². The summed E-state index contributed by atoms with van der Waals surface area (Å²) in [6.07, 6.45) is 9.22. The van der Waals surface area contributed by atoms with Crippen LogP contribution in [0.4, 0.5) is 0 Å². The summed E-state index contributed by atoms with van der Waals surface area (Å²) in [5.74, 6) is 1.33. The van der Waals surface area contributed by atoms with Gasteiger partial charge in [-0.25, -0.2) is 0 Å². The maximum Gasteiger partial charge on any atom is 0.310 e. The van der Waals surface area contributed by atoms with Crippen LogP contribution in [0.25, 0.3) is 0 Å². The Morgan fingerprint density at radius 3 is 3.00 bits per heavy atom. The second kappa shape index (κ2) is 3.93. The lowest BCUT2D eigenvalue weighted by Gasteiger charge is -2.08. The van der Waals surface area contributed by atoms with Gasteiger partial charge in [-0.3, -0.25) is 10.1 Å². The average molecular weight is 165 g/mol. The van der Waals surface area contributed by atoms with Crippen molar-refractivity contribution in [2.45, 2.75) is 12.5 Å². The van der Waals surface area contributed by atoms with Gasteiger partial charge < -0.3 is 5.11 Å². The van der Waals surface area contributed by atoms with Crippen LogP contribution in [0.15, 0.2) is 12.2 Å². The molecule has 0 heterocycles. The number of carboxylic acids is 1. The van der Waals surface area contributed by atoms with Gasteiger partial charge in [0.15, 0.2) is 0 Å². The monoisotopic (exact) mass is 165 g/mol. The molecule has 2 unspecified atom stereocenters. The maximum atomic E-state index is 10.5. The molecule has 2 N–H and O–H groups in total. The highest BCUT2D eigenvalue weighted by molar-refractivity contribution is 5.73. The van der Waals surface area contributed by atoms with Gasteiger partial charge in [0.25, 0.3) is 0 Å². The molecule has 0 saturated heterocycles. The third-order valence-electron chi connectivity index (χ3n) is 1.87. The fraction of sp³-hybridized carbons (Fsp3) is 0.444. The van der Waals surface area contributed by atoms with Gasteiger partial charge in [-0.1, -0.05) is 18.1 Å². The van der Waals surface area contributed by atoms with Gasteiger partial charge in [-0.2, -0.15) is 0 Å². The molecule has 12 heavy (non-hydrogen) atoms. The number of carboxylic acid groups (broad SMARTS) is 1. The first-order valence-electron chi connectivity index (χ1n) is 3.82. The van der Waals surface area contributed by atoms with Crippen LogP contribution in [-0.2, 0) is 4.79 Å². The zero-order valence-corrected chi connectivity index (χ0v) is 6.66. The highest BCUT2D eigenvalue weighted by Gasteiger charge is 2.23. The molecule has 0 aliphatic heterocycles. The second-order valence-electron chi connectivity index (χ2n) is 2.76. The number of hydrogen-bond donors (Lipinski definition) is 2. The fourth-order valence-corrected chi connectivity index (χ4v) is 1.22. The molecule has 0 fully saturated rings. The highest BCUT2D eigenvalue weighted by atomic mass is 16.4. The fourth-order valence-electron chi connectivity index (χ4n) is 1.22. The van der Waals surface area contributed by atoms with Crippen molar-refractivity contribution in [1.82, 2.24) is 5.32 Å². The Kier molecular flexibility index (Phi) is 2.89. The predicted octanol–water partition coefficient (Wildman–Crippen LogP) is 0.238. The highest BCUT2D eigenvalue weighted by Crippen LogP contribution is 2.17. The molecular weight excluding hydrogens is 154 g/mol. The number of rotatable bonds is 3. The normalized spacial score (nSPS) is 26.9. The Hall–Kier alpha value is -1.27. The molecule has 1 aliphatic rings. The molecule has 3 heteroatoms. The number of hydrogen-bond acceptors (Lipinski definition) is 2. The van der Waals surface area contributed by atoms with Crippen LogP contribution in [0.2, 0.25) is 0 Å².